The topological polar surface area (TPSA) is 76.1 Å². The van der Waals surface area contributed by atoms with E-state index < -0.39 is 0 Å². The highest BCUT2D eigenvalue weighted by molar-refractivity contribution is 5.96. The summed E-state index contributed by atoms with van der Waals surface area (Å²) in [6.45, 7) is 6.24. The fourth-order valence-electron chi connectivity index (χ4n) is 2.64. The van der Waals surface area contributed by atoms with Gasteiger partial charge in [0.15, 0.2) is 0 Å². The van der Waals surface area contributed by atoms with Gasteiger partial charge in [-0.2, -0.15) is 0 Å². The monoisotopic (exact) mass is 362 g/mol. The minimum absolute atomic E-state index is 0.324. The molecule has 2 N–H and O–H groups in total. The number of hydrogen-bond donors (Lipinski definition) is 2. The number of rotatable bonds is 6. The zero-order chi connectivity index (χ0) is 19.2. The highest BCUT2D eigenvalue weighted by Gasteiger charge is 2.12. The van der Waals surface area contributed by atoms with Crippen molar-refractivity contribution in [2.24, 2.45) is 0 Å². The average Bonchev–Trinajstić information content (AvgIpc) is 2.66. The van der Waals surface area contributed by atoms with Crippen LogP contribution in [-0.2, 0) is 4.74 Å². The van der Waals surface area contributed by atoms with Crippen LogP contribution in [0, 0.1) is 13.8 Å². The number of anilines is 4. The van der Waals surface area contributed by atoms with Crippen LogP contribution in [0.1, 0.15) is 28.4 Å². The fraction of sp³-hybridized carbons (Fsp3) is 0.190. The van der Waals surface area contributed by atoms with Crippen molar-refractivity contribution in [3.05, 3.63) is 71.5 Å². The van der Waals surface area contributed by atoms with Gasteiger partial charge in [0.25, 0.3) is 0 Å². The number of nitrogens with one attached hydrogen (secondary N) is 2. The van der Waals surface area contributed by atoms with Crippen LogP contribution in [0.2, 0.25) is 0 Å². The van der Waals surface area contributed by atoms with E-state index in [1.807, 2.05) is 24.3 Å². The molecule has 1 heterocycles. The highest BCUT2D eigenvalue weighted by Crippen LogP contribution is 2.24. The van der Waals surface area contributed by atoms with E-state index in [1.54, 1.807) is 25.1 Å². The third-order valence-corrected chi connectivity index (χ3v) is 4.22. The molecule has 0 amide bonds. The van der Waals surface area contributed by atoms with Gasteiger partial charge in [-0.15, -0.1) is 0 Å². The number of hydrogen-bond acceptors (Lipinski definition) is 6. The van der Waals surface area contributed by atoms with Crippen molar-refractivity contribution in [1.29, 1.82) is 0 Å². The third-order valence-electron chi connectivity index (χ3n) is 4.22. The average molecular weight is 362 g/mol. The van der Waals surface area contributed by atoms with Crippen LogP contribution in [-0.4, -0.2) is 22.5 Å². The molecule has 6 heteroatoms. The van der Waals surface area contributed by atoms with E-state index in [-0.39, 0.29) is 5.97 Å². The molecule has 27 heavy (non-hydrogen) atoms. The molecular weight excluding hydrogens is 340 g/mol. The Morgan fingerprint density at radius 3 is 2.37 bits per heavy atom. The Morgan fingerprint density at radius 2 is 1.63 bits per heavy atom. The summed E-state index contributed by atoms with van der Waals surface area (Å²) in [5.41, 5.74) is 4.45. The fourth-order valence-corrected chi connectivity index (χ4v) is 2.64. The number of para-hydroxylation sites is 1. The minimum atomic E-state index is -0.372. The third kappa shape index (κ3) is 4.41. The van der Waals surface area contributed by atoms with Crippen molar-refractivity contribution < 1.29 is 9.53 Å². The molecule has 0 spiro atoms. The van der Waals surface area contributed by atoms with Crippen molar-refractivity contribution >= 4 is 29.0 Å². The summed E-state index contributed by atoms with van der Waals surface area (Å²) in [6.07, 6.45) is 1.47. The maximum atomic E-state index is 12.1. The second kappa shape index (κ2) is 8.31. The van der Waals surface area contributed by atoms with Gasteiger partial charge in [0.05, 0.1) is 17.9 Å². The maximum absolute atomic E-state index is 12.1. The zero-order valence-electron chi connectivity index (χ0n) is 15.6. The molecule has 1 aromatic heterocycles. The SMILES string of the molecule is CCOC(=O)c1ccccc1Nc1cc(Nc2cccc(C)c2C)ncn1. The molecule has 6 nitrogen and oxygen atoms in total. The van der Waals surface area contributed by atoms with E-state index in [0.29, 0.717) is 29.5 Å². The molecule has 0 saturated heterocycles. The molecule has 0 radical (unpaired) electrons. The van der Waals surface area contributed by atoms with E-state index in [0.717, 1.165) is 5.69 Å². The van der Waals surface area contributed by atoms with Crippen molar-refractivity contribution in [2.45, 2.75) is 20.8 Å². The second-order valence-electron chi connectivity index (χ2n) is 6.05. The smallest absolute Gasteiger partial charge is 0.340 e. The largest absolute Gasteiger partial charge is 0.462 e. The standard InChI is InChI=1S/C21H22N4O2/c1-4-27-21(26)16-9-5-6-10-18(16)25-20-12-19(22-13-23-20)24-17-11-7-8-14(2)15(17)3/h5-13H,4H2,1-3H3,(H2,22,23,24,25). The predicted molar refractivity (Wildman–Crippen MR) is 107 cm³/mol. The molecule has 2 aromatic carbocycles. The molecule has 0 unspecified atom stereocenters. The van der Waals surface area contributed by atoms with Crippen LogP contribution in [0.4, 0.5) is 23.0 Å². The minimum Gasteiger partial charge on any atom is -0.462 e. The Morgan fingerprint density at radius 1 is 0.963 bits per heavy atom. The summed E-state index contributed by atoms with van der Waals surface area (Å²) in [6, 6.07) is 15.0. The number of aromatic nitrogens is 2. The summed E-state index contributed by atoms with van der Waals surface area (Å²) < 4.78 is 5.11. The maximum Gasteiger partial charge on any atom is 0.340 e. The first-order valence-corrected chi connectivity index (χ1v) is 8.77. The lowest BCUT2D eigenvalue weighted by Crippen LogP contribution is -2.08. The Bertz CT molecular complexity index is 956. The van der Waals surface area contributed by atoms with Crippen LogP contribution >= 0.6 is 0 Å². The lowest BCUT2D eigenvalue weighted by molar-refractivity contribution is 0.0527. The molecule has 0 atom stereocenters. The van der Waals surface area contributed by atoms with Gasteiger partial charge in [0.1, 0.15) is 18.0 Å². The first kappa shape index (κ1) is 18.4. The van der Waals surface area contributed by atoms with E-state index in [9.17, 15) is 4.79 Å². The van der Waals surface area contributed by atoms with Crippen LogP contribution in [0.15, 0.2) is 54.9 Å². The lowest BCUT2D eigenvalue weighted by Gasteiger charge is -2.13. The van der Waals surface area contributed by atoms with Gasteiger partial charge in [-0.3, -0.25) is 0 Å². The van der Waals surface area contributed by atoms with Gasteiger partial charge < -0.3 is 15.4 Å². The normalized spacial score (nSPS) is 10.3. The number of carbonyl (C=O) groups excluding carboxylic acids is 1. The molecule has 0 bridgehead atoms. The quantitative estimate of drug-likeness (QED) is 0.616. The van der Waals surface area contributed by atoms with Crippen molar-refractivity contribution in [3.8, 4) is 0 Å². The number of aryl methyl sites for hydroxylation is 1. The zero-order valence-corrected chi connectivity index (χ0v) is 15.6. The van der Waals surface area contributed by atoms with E-state index in [1.165, 1.54) is 17.5 Å². The van der Waals surface area contributed by atoms with Gasteiger partial charge in [-0.05, 0) is 50.1 Å². The molecule has 0 fully saturated rings. The van der Waals surface area contributed by atoms with E-state index >= 15 is 0 Å². The van der Waals surface area contributed by atoms with Gasteiger partial charge in [-0.1, -0.05) is 24.3 Å². The summed E-state index contributed by atoms with van der Waals surface area (Å²) in [5, 5.41) is 6.49. The molecule has 138 valence electrons. The van der Waals surface area contributed by atoms with Crippen LogP contribution in [0.3, 0.4) is 0 Å². The van der Waals surface area contributed by atoms with Crippen LogP contribution in [0.5, 0.6) is 0 Å². The van der Waals surface area contributed by atoms with Gasteiger partial charge in [0, 0.05) is 11.8 Å². The highest BCUT2D eigenvalue weighted by atomic mass is 16.5. The van der Waals surface area contributed by atoms with Gasteiger partial charge in [-0.25, -0.2) is 14.8 Å². The van der Waals surface area contributed by atoms with Crippen LogP contribution in [0.25, 0.3) is 0 Å². The lowest BCUT2D eigenvalue weighted by atomic mass is 10.1. The number of ether oxygens (including phenoxy) is 1. The number of esters is 1. The molecule has 0 aliphatic carbocycles. The number of carbonyl (C=O) groups is 1. The summed E-state index contributed by atoms with van der Waals surface area (Å²) >= 11 is 0. The van der Waals surface area contributed by atoms with E-state index in [4.69, 9.17) is 4.74 Å². The van der Waals surface area contributed by atoms with E-state index in [2.05, 4.69) is 40.5 Å². The predicted octanol–water partition coefficient (Wildman–Crippen LogP) is 4.76. The number of benzene rings is 2. The molecular formula is C21H22N4O2. The Balaban J connectivity index is 1.83. The Kier molecular flexibility index (Phi) is 5.66. The Labute approximate surface area is 158 Å². The molecule has 3 aromatic rings. The Hall–Kier alpha value is -3.41. The van der Waals surface area contributed by atoms with Gasteiger partial charge >= 0.3 is 5.97 Å². The molecule has 0 saturated carbocycles. The molecule has 3 rings (SSSR count). The van der Waals surface area contributed by atoms with Crippen LogP contribution < -0.4 is 10.6 Å². The summed E-state index contributed by atoms with van der Waals surface area (Å²) in [5.74, 6) is 0.868. The van der Waals surface area contributed by atoms with Crippen molar-refractivity contribution in [1.82, 2.24) is 9.97 Å². The summed E-state index contributed by atoms with van der Waals surface area (Å²) in [7, 11) is 0. The summed E-state index contributed by atoms with van der Waals surface area (Å²) in [4.78, 5) is 20.7. The van der Waals surface area contributed by atoms with Crippen molar-refractivity contribution in [2.75, 3.05) is 17.2 Å². The van der Waals surface area contributed by atoms with Crippen molar-refractivity contribution in [3.63, 3.8) is 0 Å². The first-order chi connectivity index (χ1) is 13.1. The number of nitrogens with zero attached hydrogens (tertiary/aromatic N) is 2. The second-order valence-corrected chi connectivity index (χ2v) is 6.05. The molecule has 0 aliphatic rings. The first-order valence-electron chi connectivity index (χ1n) is 8.77. The van der Waals surface area contributed by atoms with Gasteiger partial charge in [0.2, 0.25) is 0 Å². The molecule has 0 aliphatic heterocycles.